The molecule has 0 radical (unpaired) electrons. The molecule has 84 valence electrons. The Morgan fingerprint density at radius 3 is 2.94 bits per heavy atom. The van der Waals surface area contributed by atoms with Crippen LogP contribution in [0.15, 0.2) is 24.3 Å². The lowest BCUT2D eigenvalue weighted by molar-refractivity contribution is -0.146. The zero-order valence-corrected chi connectivity index (χ0v) is 8.93. The summed E-state index contributed by atoms with van der Waals surface area (Å²) in [5, 5.41) is 0. The molecule has 0 saturated heterocycles. The van der Waals surface area contributed by atoms with Gasteiger partial charge in [0.15, 0.2) is 0 Å². The number of hydrogen-bond acceptors (Lipinski definition) is 4. The number of carbonyl (C=O) groups is 2. The van der Waals surface area contributed by atoms with E-state index in [1.807, 2.05) is 6.07 Å². The molecule has 0 aliphatic carbocycles. The maximum atomic E-state index is 11.5. The highest BCUT2D eigenvalue weighted by molar-refractivity contribution is 5.90. The molecule has 0 bridgehead atoms. The van der Waals surface area contributed by atoms with Gasteiger partial charge in [-0.25, -0.2) is 0 Å². The van der Waals surface area contributed by atoms with Crippen molar-refractivity contribution in [1.82, 2.24) is 0 Å². The lowest BCUT2D eigenvalue weighted by Crippen LogP contribution is -2.16. The highest BCUT2D eigenvalue weighted by Gasteiger charge is 2.34. The Hall–Kier alpha value is -1.84. The van der Waals surface area contributed by atoms with Gasteiger partial charge in [0, 0.05) is 5.56 Å². The molecule has 1 atom stereocenters. The van der Waals surface area contributed by atoms with Crippen LogP contribution >= 0.6 is 0 Å². The number of esters is 2. The largest absolute Gasteiger partial charge is 0.466 e. The molecule has 1 aromatic carbocycles. The molecule has 0 fully saturated rings. The molecular formula is C12H12O4. The van der Waals surface area contributed by atoms with E-state index in [4.69, 9.17) is 9.47 Å². The van der Waals surface area contributed by atoms with Gasteiger partial charge in [0.05, 0.1) is 18.9 Å². The molecule has 1 aliphatic heterocycles. The van der Waals surface area contributed by atoms with Gasteiger partial charge >= 0.3 is 11.9 Å². The van der Waals surface area contributed by atoms with Crippen LogP contribution in [0.5, 0.6) is 5.75 Å². The van der Waals surface area contributed by atoms with Crippen molar-refractivity contribution in [2.75, 3.05) is 6.61 Å². The SMILES string of the molecule is CCOC(=O)CC1C(=O)Oc2ccccc21. The van der Waals surface area contributed by atoms with Gasteiger partial charge in [-0.05, 0) is 13.0 Å². The van der Waals surface area contributed by atoms with Crippen LogP contribution in [0.1, 0.15) is 24.8 Å². The van der Waals surface area contributed by atoms with Crippen LogP contribution in [-0.4, -0.2) is 18.5 Å². The van der Waals surface area contributed by atoms with E-state index in [1.54, 1.807) is 25.1 Å². The maximum absolute atomic E-state index is 11.5. The first-order valence-electron chi connectivity index (χ1n) is 5.18. The van der Waals surface area contributed by atoms with Gasteiger partial charge in [0.25, 0.3) is 0 Å². The Morgan fingerprint density at radius 2 is 2.19 bits per heavy atom. The summed E-state index contributed by atoms with van der Waals surface area (Å²) < 4.78 is 9.87. The lowest BCUT2D eigenvalue weighted by Gasteiger charge is -2.05. The van der Waals surface area contributed by atoms with Gasteiger partial charge in [0.1, 0.15) is 5.75 Å². The fourth-order valence-electron chi connectivity index (χ4n) is 1.75. The molecule has 0 spiro atoms. The minimum Gasteiger partial charge on any atom is -0.466 e. The first kappa shape index (κ1) is 10.7. The number of carbonyl (C=O) groups excluding carboxylic acids is 2. The van der Waals surface area contributed by atoms with Gasteiger partial charge in [-0.3, -0.25) is 9.59 Å². The molecule has 1 unspecified atom stereocenters. The molecule has 1 aromatic rings. The molecule has 4 nitrogen and oxygen atoms in total. The lowest BCUT2D eigenvalue weighted by atomic mass is 9.97. The third-order valence-corrected chi connectivity index (χ3v) is 2.47. The normalized spacial score (nSPS) is 17.8. The molecule has 0 saturated carbocycles. The van der Waals surface area contributed by atoms with E-state index in [1.165, 1.54) is 0 Å². The second-order valence-corrected chi connectivity index (χ2v) is 3.52. The van der Waals surface area contributed by atoms with Gasteiger partial charge in [-0.1, -0.05) is 18.2 Å². The van der Waals surface area contributed by atoms with Crippen molar-refractivity contribution in [2.45, 2.75) is 19.3 Å². The van der Waals surface area contributed by atoms with E-state index >= 15 is 0 Å². The molecule has 1 heterocycles. The van der Waals surface area contributed by atoms with E-state index in [-0.39, 0.29) is 18.4 Å². The van der Waals surface area contributed by atoms with Crippen molar-refractivity contribution in [1.29, 1.82) is 0 Å². The predicted molar refractivity (Wildman–Crippen MR) is 56.1 cm³/mol. The number of hydrogen-bond donors (Lipinski definition) is 0. The molecule has 2 rings (SSSR count). The molecule has 0 N–H and O–H groups in total. The van der Waals surface area contributed by atoms with E-state index in [0.29, 0.717) is 12.4 Å². The Labute approximate surface area is 93.2 Å². The molecule has 1 aliphatic rings. The summed E-state index contributed by atoms with van der Waals surface area (Å²) >= 11 is 0. The Balaban J connectivity index is 2.16. The van der Waals surface area contributed by atoms with Crippen molar-refractivity contribution in [2.24, 2.45) is 0 Å². The minimum absolute atomic E-state index is 0.0453. The molecule has 0 aromatic heterocycles. The van der Waals surface area contributed by atoms with Crippen LogP contribution < -0.4 is 4.74 Å². The van der Waals surface area contributed by atoms with Crippen LogP contribution in [0.2, 0.25) is 0 Å². The molecule has 0 amide bonds. The molecular weight excluding hydrogens is 208 g/mol. The van der Waals surface area contributed by atoms with Gasteiger partial charge < -0.3 is 9.47 Å². The van der Waals surface area contributed by atoms with Crippen LogP contribution in [0.3, 0.4) is 0 Å². The maximum Gasteiger partial charge on any atom is 0.319 e. The summed E-state index contributed by atoms with van der Waals surface area (Å²) in [5.41, 5.74) is 0.764. The zero-order valence-electron chi connectivity index (χ0n) is 8.93. The highest BCUT2D eigenvalue weighted by atomic mass is 16.5. The van der Waals surface area contributed by atoms with Gasteiger partial charge in [-0.15, -0.1) is 0 Å². The van der Waals surface area contributed by atoms with Gasteiger partial charge in [-0.2, -0.15) is 0 Å². The van der Waals surface area contributed by atoms with E-state index in [2.05, 4.69) is 0 Å². The van der Waals surface area contributed by atoms with Crippen LogP contribution in [-0.2, 0) is 14.3 Å². The van der Waals surface area contributed by atoms with Crippen molar-refractivity contribution in [3.8, 4) is 5.75 Å². The summed E-state index contributed by atoms with van der Waals surface area (Å²) in [4.78, 5) is 22.9. The fourth-order valence-corrected chi connectivity index (χ4v) is 1.75. The number of benzene rings is 1. The Morgan fingerprint density at radius 1 is 1.44 bits per heavy atom. The first-order chi connectivity index (χ1) is 7.72. The Bertz CT molecular complexity index is 425. The number of fused-ring (bicyclic) bond motifs is 1. The van der Waals surface area contributed by atoms with E-state index < -0.39 is 5.92 Å². The first-order valence-corrected chi connectivity index (χ1v) is 5.18. The van der Waals surface area contributed by atoms with Crippen molar-refractivity contribution in [3.05, 3.63) is 29.8 Å². The second kappa shape index (κ2) is 4.35. The monoisotopic (exact) mass is 220 g/mol. The summed E-state index contributed by atoms with van der Waals surface area (Å²) in [6.07, 6.45) is 0.0453. The highest BCUT2D eigenvalue weighted by Crippen LogP contribution is 2.36. The quantitative estimate of drug-likeness (QED) is 0.574. The average molecular weight is 220 g/mol. The summed E-state index contributed by atoms with van der Waals surface area (Å²) in [5.74, 6) is -0.729. The third kappa shape index (κ3) is 1.91. The molecule has 4 heteroatoms. The van der Waals surface area contributed by atoms with Crippen molar-refractivity contribution < 1.29 is 19.1 Å². The fraction of sp³-hybridized carbons (Fsp3) is 0.333. The van der Waals surface area contributed by atoms with Crippen LogP contribution in [0.4, 0.5) is 0 Å². The predicted octanol–water partition coefficient (Wildman–Crippen LogP) is 1.64. The Kier molecular flexibility index (Phi) is 2.90. The standard InChI is InChI=1S/C12H12O4/c1-2-15-11(13)7-9-8-5-3-4-6-10(8)16-12(9)14/h3-6,9H,2,7H2,1H3. The number of rotatable bonds is 3. The average Bonchev–Trinajstić information content (AvgIpc) is 2.56. The minimum atomic E-state index is -0.518. The number of ether oxygens (including phenoxy) is 2. The van der Waals surface area contributed by atoms with Crippen molar-refractivity contribution in [3.63, 3.8) is 0 Å². The van der Waals surface area contributed by atoms with Crippen LogP contribution in [0, 0.1) is 0 Å². The smallest absolute Gasteiger partial charge is 0.319 e. The number of para-hydroxylation sites is 1. The van der Waals surface area contributed by atoms with Crippen molar-refractivity contribution >= 4 is 11.9 Å². The molecule has 16 heavy (non-hydrogen) atoms. The second-order valence-electron chi connectivity index (χ2n) is 3.52. The van der Waals surface area contributed by atoms with Gasteiger partial charge in [0.2, 0.25) is 0 Å². The zero-order chi connectivity index (χ0) is 11.5. The van der Waals surface area contributed by atoms with E-state index in [0.717, 1.165) is 5.56 Å². The summed E-state index contributed by atoms with van der Waals surface area (Å²) in [6.45, 7) is 2.06. The van der Waals surface area contributed by atoms with E-state index in [9.17, 15) is 9.59 Å². The summed E-state index contributed by atoms with van der Waals surface area (Å²) in [6, 6.07) is 7.13. The van der Waals surface area contributed by atoms with Crippen LogP contribution in [0.25, 0.3) is 0 Å². The third-order valence-electron chi connectivity index (χ3n) is 2.47. The summed E-state index contributed by atoms with van der Waals surface area (Å²) in [7, 11) is 0. The topological polar surface area (TPSA) is 52.6 Å².